The van der Waals surface area contributed by atoms with E-state index in [-0.39, 0.29) is 46.2 Å². The molecule has 0 fully saturated rings. The van der Waals surface area contributed by atoms with Gasteiger partial charge in [-0.15, -0.1) is 0 Å². The molecule has 3 aromatic rings. The number of ether oxygens (including phenoxy) is 1. The molecule has 0 aliphatic heterocycles. The number of aromatic carboxylic acids is 2. The number of nitrogens with one attached hydrogen (secondary N) is 2. The molecule has 188 valence electrons. The third-order valence-corrected chi connectivity index (χ3v) is 5.83. The van der Waals surface area contributed by atoms with Gasteiger partial charge in [-0.05, 0) is 55.7 Å². The molecular formula is C27H28N2O7. The highest BCUT2D eigenvalue weighted by atomic mass is 16.5. The Kier molecular flexibility index (Phi) is 8.39. The van der Waals surface area contributed by atoms with Gasteiger partial charge in [0.15, 0.2) is 0 Å². The normalized spacial score (nSPS) is 10.8. The number of carbonyl (C=O) groups is 4. The SMILES string of the molecule is CCOCCNC(=O)c1ccc(C(=O)Nc2c(C)cccc2CC)c2c(C(=O)O)ccc(C(=O)O)c12. The molecular weight excluding hydrogens is 464 g/mol. The molecule has 0 spiro atoms. The van der Waals surface area contributed by atoms with Crippen LogP contribution in [0.1, 0.15) is 66.4 Å². The number of hydrogen-bond acceptors (Lipinski definition) is 5. The van der Waals surface area contributed by atoms with Gasteiger partial charge in [0.25, 0.3) is 11.8 Å². The zero-order valence-corrected chi connectivity index (χ0v) is 20.3. The standard InChI is InChI=1S/C27H28N2O7/c1-4-16-8-6-7-15(3)23(16)29-25(31)18-10-9-17(24(30)28-13-14-36-5-2)21-19(26(32)33)11-12-20(22(18)21)27(34)35/h6-12H,4-5,13-14H2,1-3H3,(H,28,30)(H,29,31)(H,32,33)(H,34,35). The number of fused-ring (bicyclic) bond motifs is 1. The number of hydrogen-bond donors (Lipinski definition) is 4. The lowest BCUT2D eigenvalue weighted by atomic mass is 9.90. The lowest BCUT2D eigenvalue weighted by molar-refractivity contribution is 0.0684. The Labute approximate surface area is 208 Å². The van der Waals surface area contributed by atoms with Gasteiger partial charge in [0.2, 0.25) is 0 Å². The van der Waals surface area contributed by atoms with Crippen LogP contribution in [0.4, 0.5) is 5.69 Å². The van der Waals surface area contributed by atoms with Crippen LogP contribution >= 0.6 is 0 Å². The molecule has 0 unspecified atom stereocenters. The minimum absolute atomic E-state index is 0.0521. The second-order valence-electron chi connectivity index (χ2n) is 8.05. The summed E-state index contributed by atoms with van der Waals surface area (Å²) in [5.41, 5.74) is 1.63. The van der Waals surface area contributed by atoms with Gasteiger partial charge in [-0.3, -0.25) is 9.59 Å². The summed E-state index contributed by atoms with van der Waals surface area (Å²) in [4.78, 5) is 50.6. The predicted octanol–water partition coefficient (Wildman–Crippen LogP) is 4.13. The molecule has 0 saturated carbocycles. The first-order valence-electron chi connectivity index (χ1n) is 11.5. The van der Waals surface area contributed by atoms with Crippen molar-refractivity contribution in [3.8, 4) is 0 Å². The van der Waals surface area contributed by atoms with Gasteiger partial charge in [-0.25, -0.2) is 9.59 Å². The van der Waals surface area contributed by atoms with Crippen molar-refractivity contribution >= 4 is 40.2 Å². The fraction of sp³-hybridized carbons (Fsp3) is 0.259. The Morgan fingerprint density at radius 1 is 0.806 bits per heavy atom. The number of carboxylic acid groups (broad SMARTS) is 2. The first-order chi connectivity index (χ1) is 17.2. The average molecular weight is 493 g/mol. The van der Waals surface area contributed by atoms with Crippen LogP contribution < -0.4 is 10.6 Å². The predicted molar refractivity (Wildman–Crippen MR) is 135 cm³/mol. The van der Waals surface area contributed by atoms with Crippen LogP contribution in [0, 0.1) is 6.92 Å². The second-order valence-corrected chi connectivity index (χ2v) is 8.05. The van der Waals surface area contributed by atoms with Crippen molar-refractivity contribution in [3.63, 3.8) is 0 Å². The molecule has 0 bridgehead atoms. The number of anilines is 1. The van der Waals surface area contributed by atoms with Crippen molar-refractivity contribution in [2.45, 2.75) is 27.2 Å². The van der Waals surface area contributed by atoms with E-state index in [2.05, 4.69) is 10.6 Å². The first kappa shape index (κ1) is 26.4. The van der Waals surface area contributed by atoms with Gasteiger partial charge in [0.05, 0.1) is 17.7 Å². The van der Waals surface area contributed by atoms with E-state index in [0.29, 0.717) is 18.7 Å². The highest BCUT2D eigenvalue weighted by Crippen LogP contribution is 2.32. The molecule has 0 saturated heterocycles. The molecule has 0 atom stereocenters. The van der Waals surface area contributed by atoms with Gasteiger partial charge in [-0.1, -0.05) is 25.1 Å². The van der Waals surface area contributed by atoms with E-state index in [4.69, 9.17) is 4.74 Å². The van der Waals surface area contributed by atoms with Crippen LogP contribution in [0.15, 0.2) is 42.5 Å². The van der Waals surface area contributed by atoms with E-state index in [1.165, 1.54) is 12.1 Å². The number of aryl methyl sites for hydroxylation is 2. The summed E-state index contributed by atoms with van der Waals surface area (Å²) in [5, 5.41) is 25.0. The van der Waals surface area contributed by atoms with Crippen molar-refractivity contribution in [2.24, 2.45) is 0 Å². The summed E-state index contributed by atoms with van der Waals surface area (Å²) in [6, 6.07) is 10.5. The van der Waals surface area contributed by atoms with Gasteiger partial charge >= 0.3 is 11.9 Å². The Balaban J connectivity index is 2.22. The number of para-hydroxylation sites is 1. The van der Waals surface area contributed by atoms with Crippen LogP contribution in [-0.4, -0.2) is 53.7 Å². The van der Waals surface area contributed by atoms with Crippen molar-refractivity contribution < 1.29 is 34.1 Å². The fourth-order valence-corrected chi connectivity index (χ4v) is 4.09. The van der Waals surface area contributed by atoms with E-state index in [1.807, 2.05) is 39.0 Å². The third kappa shape index (κ3) is 5.36. The van der Waals surface area contributed by atoms with Gasteiger partial charge < -0.3 is 25.6 Å². The average Bonchev–Trinajstić information content (AvgIpc) is 2.85. The molecule has 0 aliphatic carbocycles. The summed E-state index contributed by atoms with van der Waals surface area (Å²) < 4.78 is 5.22. The maximum atomic E-state index is 13.5. The van der Waals surface area contributed by atoms with Crippen LogP contribution in [-0.2, 0) is 11.2 Å². The summed E-state index contributed by atoms with van der Waals surface area (Å²) >= 11 is 0. The third-order valence-electron chi connectivity index (χ3n) is 5.83. The Morgan fingerprint density at radius 3 is 1.89 bits per heavy atom. The number of carboxylic acids is 2. The highest BCUT2D eigenvalue weighted by Gasteiger charge is 2.26. The lowest BCUT2D eigenvalue weighted by Gasteiger charge is -2.17. The van der Waals surface area contributed by atoms with Crippen LogP contribution in [0.25, 0.3) is 10.8 Å². The first-order valence-corrected chi connectivity index (χ1v) is 11.5. The number of rotatable bonds is 10. The zero-order chi connectivity index (χ0) is 26.4. The van der Waals surface area contributed by atoms with E-state index in [1.54, 1.807) is 0 Å². The van der Waals surface area contributed by atoms with Crippen molar-refractivity contribution in [3.05, 3.63) is 75.8 Å². The monoisotopic (exact) mass is 492 g/mol. The molecule has 0 radical (unpaired) electrons. The largest absolute Gasteiger partial charge is 0.478 e. The maximum absolute atomic E-state index is 13.5. The van der Waals surface area contributed by atoms with Crippen molar-refractivity contribution in [2.75, 3.05) is 25.1 Å². The van der Waals surface area contributed by atoms with E-state index < -0.39 is 23.8 Å². The Morgan fingerprint density at radius 2 is 1.36 bits per heavy atom. The van der Waals surface area contributed by atoms with E-state index in [9.17, 15) is 29.4 Å². The lowest BCUT2D eigenvalue weighted by Crippen LogP contribution is -2.28. The van der Waals surface area contributed by atoms with E-state index in [0.717, 1.165) is 23.3 Å². The molecule has 36 heavy (non-hydrogen) atoms. The molecule has 3 aromatic carbocycles. The Hall–Kier alpha value is -4.24. The molecule has 4 N–H and O–H groups in total. The van der Waals surface area contributed by atoms with Gasteiger partial charge in [-0.2, -0.15) is 0 Å². The molecule has 2 amide bonds. The molecule has 0 aromatic heterocycles. The molecule has 0 aliphatic rings. The topological polar surface area (TPSA) is 142 Å². The smallest absolute Gasteiger partial charge is 0.336 e. The second kappa shape index (κ2) is 11.5. The fourth-order valence-electron chi connectivity index (χ4n) is 4.09. The van der Waals surface area contributed by atoms with Crippen LogP contribution in [0.5, 0.6) is 0 Å². The van der Waals surface area contributed by atoms with Crippen LogP contribution in [0.2, 0.25) is 0 Å². The highest BCUT2D eigenvalue weighted by molar-refractivity contribution is 6.24. The molecule has 0 heterocycles. The molecule has 9 nitrogen and oxygen atoms in total. The van der Waals surface area contributed by atoms with E-state index >= 15 is 0 Å². The van der Waals surface area contributed by atoms with Gasteiger partial charge in [0.1, 0.15) is 0 Å². The minimum Gasteiger partial charge on any atom is -0.478 e. The Bertz CT molecular complexity index is 1350. The quantitative estimate of drug-likeness (QED) is 0.312. The summed E-state index contributed by atoms with van der Waals surface area (Å²) in [6.07, 6.45) is 0.655. The summed E-state index contributed by atoms with van der Waals surface area (Å²) in [7, 11) is 0. The van der Waals surface area contributed by atoms with Crippen LogP contribution in [0.3, 0.4) is 0 Å². The minimum atomic E-state index is -1.36. The zero-order valence-electron chi connectivity index (χ0n) is 20.3. The van der Waals surface area contributed by atoms with Crippen molar-refractivity contribution in [1.82, 2.24) is 5.32 Å². The number of amides is 2. The molecule has 9 heteroatoms. The number of carbonyl (C=O) groups excluding carboxylic acids is 2. The summed E-state index contributed by atoms with van der Waals surface area (Å²) in [6.45, 7) is 6.49. The summed E-state index contributed by atoms with van der Waals surface area (Å²) in [5.74, 6) is -3.93. The van der Waals surface area contributed by atoms with Gasteiger partial charge in [0, 0.05) is 40.7 Å². The number of benzene rings is 3. The maximum Gasteiger partial charge on any atom is 0.336 e. The van der Waals surface area contributed by atoms with Crippen molar-refractivity contribution in [1.29, 1.82) is 0 Å². The molecule has 3 rings (SSSR count).